The first-order valence-corrected chi connectivity index (χ1v) is 8.05. The van der Waals surface area contributed by atoms with E-state index >= 15 is 0 Å². The summed E-state index contributed by atoms with van der Waals surface area (Å²) in [6.07, 6.45) is 0.796. The van der Waals surface area contributed by atoms with Crippen molar-refractivity contribution in [3.8, 4) is 0 Å². The van der Waals surface area contributed by atoms with Gasteiger partial charge < -0.3 is 10.1 Å². The van der Waals surface area contributed by atoms with Gasteiger partial charge in [-0.05, 0) is 12.3 Å². The van der Waals surface area contributed by atoms with E-state index in [1.807, 2.05) is 13.8 Å². The van der Waals surface area contributed by atoms with Crippen LogP contribution in [0.1, 0.15) is 27.2 Å². The van der Waals surface area contributed by atoms with E-state index in [1.165, 1.54) is 14.0 Å². The maximum Gasteiger partial charge on any atom is 0.309 e. The number of amides is 1. The number of carbonyl (C=O) groups is 2. The van der Waals surface area contributed by atoms with Crippen LogP contribution in [-0.4, -0.2) is 45.5 Å². The van der Waals surface area contributed by atoms with Crippen molar-refractivity contribution in [1.29, 1.82) is 0 Å². The van der Waals surface area contributed by atoms with Crippen LogP contribution in [0.4, 0.5) is 0 Å². The van der Waals surface area contributed by atoms with E-state index in [0.717, 1.165) is 6.42 Å². The number of rotatable bonds is 8. The van der Waals surface area contributed by atoms with Gasteiger partial charge in [-0.2, -0.15) is 0 Å². The number of ether oxygens (including phenoxy) is 1. The molecule has 0 fully saturated rings. The van der Waals surface area contributed by atoms with Crippen LogP contribution in [0.15, 0.2) is 0 Å². The first kappa shape index (κ1) is 17.9. The predicted octanol–water partition coefficient (Wildman–Crippen LogP) is 0.373. The Bertz CT molecular complexity index is 402. The molecule has 1 amide bonds. The average Bonchev–Trinajstić information content (AvgIpc) is 2.25. The summed E-state index contributed by atoms with van der Waals surface area (Å²) in [5.41, 5.74) is 0. The number of hydrogen-bond donors (Lipinski definition) is 1. The minimum atomic E-state index is -3.60. The van der Waals surface area contributed by atoms with Crippen LogP contribution in [0.25, 0.3) is 0 Å². The Morgan fingerprint density at radius 2 is 1.79 bits per heavy atom. The maximum absolute atomic E-state index is 11.7. The van der Waals surface area contributed by atoms with Crippen LogP contribution in [0.2, 0.25) is 0 Å². The van der Waals surface area contributed by atoms with Crippen LogP contribution in [0, 0.1) is 11.8 Å². The van der Waals surface area contributed by atoms with Gasteiger partial charge in [-0.25, -0.2) is 8.42 Å². The Kier molecular flexibility index (Phi) is 7.66. The van der Waals surface area contributed by atoms with Crippen LogP contribution in [-0.2, 0) is 24.2 Å². The van der Waals surface area contributed by atoms with Gasteiger partial charge in [-0.15, -0.1) is 0 Å². The van der Waals surface area contributed by atoms with Crippen molar-refractivity contribution in [2.75, 3.05) is 25.2 Å². The second kappa shape index (κ2) is 8.14. The van der Waals surface area contributed by atoms with Crippen LogP contribution < -0.4 is 5.32 Å². The molecule has 0 aliphatic rings. The Morgan fingerprint density at radius 1 is 1.21 bits per heavy atom. The van der Waals surface area contributed by atoms with Crippen molar-refractivity contribution in [3.05, 3.63) is 0 Å². The average molecular weight is 293 g/mol. The van der Waals surface area contributed by atoms with E-state index in [-0.39, 0.29) is 5.75 Å². The third-order valence-corrected chi connectivity index (χ3v) is 4.21. The number of nitrogens with one attached hydrogen (secondary N) is 1. The Balaban J connectivity index is 4.22. The molecule has 0 rings (SSSR count). The van der Waals surface area contributed by atoms with Crippen molar-refractivity contribution in [3.63, 3.8) is 0 Å². The molecular weight excluding hydrogens is 270 g/mol. The Hall–Kier alpha value is -1.11. The van der Waals surface area contributed by atoms with Crippen LogP contribution >= 0.6 is 0 Å². The Labute approximate surface area is 114 Å². The van der Waals surface area contributed by atoms with Gasteiger partial charge in [0.25, 0.3) is 0 Å². The molecule has 7 heteroatoms. The highest BCUT2D eigenvalue weighted by atomic mass is 32.2. The summed E-state index contributed by atoms with van der Waals surface area (Å²) in [5.74, 6) is -2.42. The van der Waals surface area contributed by atoms with E-state index in [2.05, 4.69) is 10.1 Å². The molecule has 0 saturated carbocycles. The predicted molar refractivity (Wildman–Crippen MR) is 72.3 cm³/mol. The van der Waals surface area contributed by atoms with E-state index in [1.54, 1.807) is 0 Å². The van der Waals surface area contributed by atoms with Crippen molar-refractivity contribution < 1.29 is 22.7 Å². The molecule has 0 heterocycles. The quantitative estimate of drug-likeness (QED) is 0.653. The lowest BCUT2D eigenvalue weighted by Gasteiger charge is -2.10. The van der Waals surface area contributed by atoms with E-state index in [4.69, 9.17) is 0 Å². The first-order chi connectivity index (χ1) is 8.68. The summed E-state index contributed by atoms with van der Waals surface area (Å²) in [6, 6.07) is 0. The molecule has 0 aliphatic carbocycles. The minimum absolute atomic E-state index is 0.378. The lowest BCUT2D eigenvalue weighted by atomic mass is 10.1. The molecule has 0 bridgehead atoms. The highest BCUT2D eigenvalue weighted by Gasteiger charge is 2.24. The van der Waals surface area contributed by atoms with Gasteiger partial charge in [0.05, 0.1) is 18.8 Å². The van der Waals surface area contributed by atoms with Gasteiger partial charge >= 0.3 is 5.97 Å². The van der Waals surface area contributed by atoms with Gasteiger partial charge in [0, 0.05) is 6.54 Å². The second-order valence-electron chi connectivity index (χ2n) is 5.01. The van der Waals surface area contributed by atoms with E-state index in [9.17, 15) is 18.0 Å². The fraction of sp³-hybridized carbons (Fsp3) is 0.833. The van der Waals surface area contributed by atoms with Gasteiger partial charge in [0.15, 0.2) is 9.84 Å². The SMILES string of the molecule is COC(=O)C(C)CS(=O)(=O)CC(=O)NCCC(C)C. The van der Waals surface area contributed by atoms with E-state index in [0.29, 0.717) is 12.5 Å². The molecule has 0 aromatic heterocycles. The number of hydrogen-bond acceptors (Lipinski definition) is 5. The molecule has 0 radical (unpaired) electrons. The minimum Gasteiger partial charge on any atom is -0.469 e. The zero-order valence-electron chi connectivity index (χ0n) is 11.9. The normalized spacial score (nSPS) is 13.1. The van der Waals surface area contributed by atoms with E-state index < -0.39 is 33.4 Å². The standard InChI is InChI=1S/C12H23NO5S/c1-9(2)5-6-13-11(14)8-19(16,17)7-10(3)12(15)18-4/h9-10H,5-8H2,1-4H3,(H,13,14). The molecule has 0 aromatic rings. The molecule has 1 atom stereocenters. The molecule has 0 aromatic carbocycles. The maximum atomic E-state index is 11.7. The van der Waals surface area contributed by atoms with Gasteiger partial charge in [-0.1, -0.05) is 20.8 Å². The van der Waals surface area contributed by atoms with Crippen molar-refractivity contribution in [2.45, 2.75) is 27.2 Å². The zero-order chi connectivity index (χ0) is 15.1. The lowest BCUT2D eigenvalue weighted by molar-refractivity contribution is -0.144. The number of methoxy groups -OCH3 is 1. The zero-order valence-corrected chi connectivity index (χ0v) is 12.7. The van der Waals surface area contributed by atoms with Crippen molar-refractivity contribution in [2.24, 2.45) is 11.8 Å². The summed E-state index contributed by atoms with van der Waals surface area (Å²) in [4.78, 5) is 22.6. The molecule has 0 aliphatic heterocycles. The first-order valence-electron chi connectivity index (χ1n) is 6.23. The molecule has 6 nitrogen and oxygen atoms in total. The third kappa shape index (κ3) is 8.58. The van der Waals surface area contributed by atoms with Crippen LogP contribution in [0.5, 0.6) is 0 Å². The fourth-order valence-corrected chi connectivity index (χ4v) is 2.98. The number of sulfone groups is 1. The molecule has 112 valence electrons. The molecule has 0 saturated heterocycles. The van der Waals surface area contributed by atoms with Gasteiger partial charge in [0.1, 0.15) is 5.75 Å². The van der Waals surface area contributed by atoms with Crippen molar-refractivity contribution in [1.82, 2.24) is 5.32 Å². The summed E-state index contributed by atoms with van der Waals surface area (Å²) in [5, 5.41) is 2.55. The highest BCUT2D eigenvalue weighted by Crippen LogP contribution is 2.04. The molecule has 1 unspecified atom stereocenters. The summed E-state index contributed by atoms with van der Waals surface area (Å²) in [6.45, 7) is 5.94. The lowest BCUT2D eigenvalue weighted by Crippen LogP contribution is -2.34. The highest BCUT2D eigenvalue weighted by molar-refractivity contribution is 7.92. The second-order valence-corrected chi connectivity index (χ2v) is 7.12. The summed E-state index contributed by atoms with van der Waals surface area (Å²) in [7, 11) is -2.40. The number of esters is 1. The fourth-order valence-electron chi connectivity index (χ4n) is 1.46. The Morgan fingerprint density at radius 3 is 2.26 bits per heavy atom. The van der Waals surface area contributed by atoms with Gasteiger partial charge in [0.2, 0.25) is 5.91 Å². The largest absolute Gasteiger partial charge is 0.469 e. The number of carbonyl (C=O) groups excluding carboxylic acids is 2. The topological polar surface area (TPSA) is 89.5 Å². The smallest absolute Gasteiger partial charge is 0.309 e. The van der Waals surface area contributed by atoms with Crippen LogP contribution in [0.3, 0.4) is 0 Å². The molecule has 19 heavy (non-hydrogen) atoms. The summed E-state index contributed by atoms with van der Waals surface area (Å²) >= 11 is 0. The summed E-state index contributed by atoms with van der Waals surface area (Å²) < 4.78 is 27.9. The van der Waals surface area contributed by atoms with Crippen molar-refractivity contribution >= 4 is 21.7 Å². The third-order valence-electron chi connectivity index (χ3n) is 2.50. The molecule has 0 spiro atoms. The monoisotopic (exact) mass is 293 g/mol. The molecular formula is C12H23NO5S. The molecule has 1 N–H and O–H groups in total. The van der Waals surface area contributed by atoms with Gasteiger partial charge in [-0.3, -0.25) is 9.59 Å².